The second-order valence-electron chi connectivity index (χ2n) is 6.18. The topological polar surface area (TPSA) is 77.0 Å². The van der Waals surface area contributed by atoms with Crippen LogP contribution in [0.25, 0.3) is 6.08 Å². The normalized spacial score (nSPS) is 14.6. The summed E-state index contributed by atoms with van der Waals surface area (Å²) < 4.78 is 11.6. The molecular formula is C21H18Cl2N2O4S. The van der Waals surface area contributed by atoms with Crippen LogP contribution in [0.4, 0.5) is 0 Å². The summed E-state index contributed by atoms with van der Waals surface area (Å²) in [4.78, 5) is 27.4. The fourth-order valence-corrected chi connectivity index (χ4v) is 3.88. The van der Waals surface area contributed by atoms with Gasteiger partial charge in [-0.3, -0.25) is 9.59 Å². The highest BCUT2D eigenvalue weighted by Gasteiger charge is 2.22. The molecule has 2 amide bonds. The first-order chi connectivity index (χ1) is 14.4. The molecule has 3 rings (SSSR count). The molecule has 1 heterocycles. The van der Waals surface area contributed by atoms with E-state index in [1.54, 1.807) is 42.5 Å². The van der Waals surface area contributed by atoms with E-state index in [2.05, 4.69) is 10.3 Å². The Kier molecular flexibility index (Phi) is 7.42. The Labute approximate surface area is 188 Å². The van der Waals surface area contributed by atoms with Crippen molar-refractivity contribution in [3.8, 4) is 11.5 Å². The lowest BCUT2D eigenvalue weighted by atomic mass is 10.2. The molecule has 0 saturated heterocycles. The molecule has 0 aromatic heterocycles. The highest BCUT2D eigenvalue weighted by Crippen LogP contribution is 2.33. The Bertz CT molecular complexity index is 1050. The molecule has 9 heteroatoms. The number of hydrogen-bond acceptors (Lipinski definition) is 5. The Morgan fingerprint density at radius 2 is 1.97 bits per heavy atom. The lowest BCUT2D eigenvalue weighted by molar-refractivity contribution is -0.117. The van der Waals surface area contributed by atoms with Crippen molar-refractivity contribution < 1.29 is 19.1 Å². The van der Waals surface area contributed by atoms with Gasteiger partial charge in [-0.15, -0.1) is 0 Å². The summed E-state index contributed by atoms with van der Waals surface area (Å²) >= 11 is 13.2. The summed E-state index contributed by atoms with van der Waals surface area (Å²) in [6.45, 7) is 3.93. The van der Waals surface area contributed by atoms with Crippen molar-refractivity contribution in [3.63, 3.8) is 0 Å². The van der Waals surface area contributed by atoms with Gasteiger partial charge in [-0.05, 0) is 54.6 Å². The Morgan fingerprint density at radius 3 is 2.67 bits per heavy atom. The number of benzene rings is 2. The molecule has 2 aromatic carbocycles. The van der Waals surface area contributed by atoms with Crippen molar-refractivity contribution in [2.45, 2.75) is 20.5 Å². The highest BCUT2D eigenvalue weighted by molar-refractivity contribution is 8.18. The number of hydrogen-bond donors (Lipinski definition) is 1. The van der Waals surface area contributed by atoms with Crippen LogP contribution in [0.1, 0.15) is 25.0 Å². The van der Waals surface area contributed by atoms with Crippen LogP contribution in [0.3, 0.4) is 0 Å². The maximum Gasteiger partial charge on any atom is 0.286 e. The number of rotatable bonds is 6. The molecule has 1 aliphatic heterocycles. The first-order valence-electron chi connectivity index (χ1n) is 8.99. The number of carbonyl (C=O) groups is 2. The summed E-state index contributed by atoms with van der Waals surface area (Å²) in [5, 5.41) is 3.86. The first-order valence-corrected chi connectivity index (χ1v) is 10.6. The summed E-state index contributed by atoms with van der Waals surface area (Å²) in [5.41, 5.74) is 1.54. The second-order valence-corrected chi connectivity index (χ2v) is 8.05. The van der Waals surface area contributed by atoms with Crippen LogP contribution in [0.2, 0.25) is 10.0 Å². The third-order valence-corrected chi connectivity index (χ3v) is 5.35. The zero-order chi connectivity index (χ0) is 21.7. The summed E-state index contributed by atoms with van der Waals surface area (Å²) in [6.07, 6.45) is 1.69. The van der Waals surface area contributed by atoms with Crippen molar-refractivity contribution in [1.82, 2.24) is 5.32 Å². The largest absolute Gasteiger partial charge is 0.490 e. The average Bonchev–Trinajstić information content (AvgIpc) is 3.00. The second kappa shape index (κ2) is 10.0. The minimum atomic E-state index is -0.403. The lowest BCUT2D eigenvalue weighted by Crippen LogP contribution is -2.23. The molecule has 0 fully saturated rings. The van der Waals surface area contributed by atoms with Crippen molar-refractivity contribution in [1.29, 1.82) is 0 Å². The van der Waals surface area contributed by atoms with Gasteiger partial charge in [0, 0.05) is 22.5 Å². The smallest absolute Gasteiger partial charge is 0.286 e. The van der Waals surface area contributed by atoms with Gasteiger partial charge in [-0.1, -0.05) is 35.3 Å². The van der Waals surface area contributed by atoms with Gasteiger partial charge >= 0.3 is 0 Å². The lowest BCUT2D eigenvalue weighted by Gasteiger charge is -2.13. The molecule has 0 spiro atoms. The Morgan fingerprint density at radius 1 is 1.17 bits per heavy atom. The summed E-state index contributed by atoms with van der Waals surface area (Å²) in [6, 6.07) is 10.6. The standard InChI is InChI=1S/C21H18Cl2N2O4S/c1-3-28-18-8-13(9-19-20(27)25-21(30-19)24-12(2)26)4-7-17(18)29-11-14-5-6-15(22)10-16(14)23/h4-10H,3,11H2,1-2H3,(H,24,25,26,27). The van der Waals surface area contributed by atoms with Crippen LogP contribution in [-0.2, 0) is 16.2 Å². The Hall–Kier alpha value is -2.48. The van der Waals surface area contributed by atoms with E-state index in [0.717, 1.165) is 22.9 Å². The van der Waals surface area contributed by atoms with Gasteiger partial charge in [0.2, 0.25) is 5.91 Å². The molecular weight excluding hydrogens is 447 g/mol. The summed E-state index contributed by atoms with van der Waals surface area (Å²) in [5.74, 6) is 0.400. The van der Waals surface area contributed by atoms with Gasteiger partial charge in [0.15, 0.2) is 16.7 Å². The molecule has 156 valence electrons. The van der Waals surface area contributed by atoms with Gasteiger partial charge in [0.1, 0.15) is 6.61 Å². The van der Waals surface area contributed by atoms with Gasteiger partial charge in [0.05, 0.1) is 11.5 Å². The molecule has 0 atom stereocenters. The molecule has 1 N–H and O–H groups in total. The van der Waals surface area contributed by atoms with Gasteiger partial charge in [-0.25, -0.2) is 0 Å². The fraction of sp³-hybridized carbons (Fsp3) is 0.190. The van der Waals surface area contributed by atoms with E-state index in [1.165, 1.54) is 6.92 Å². The van der Waals surface area contributed by atoms with Gasteiger partial charge in [-0.2, -0.15) is 4.99 Å². The molecule has 2 aromatic rings. The predicted octanol–water partition coefficient (Wildman–Crippen LogP) is 5.08. The van der Waals surface area contributed by atoms with Crippen LogP contribution in [-0.4, -0.2) is 23.6 Å². The quantitative estimate of drug-likeness (QED) is 0.603. The third kappa shape index (κ3) is 5.78. The van der Waals surface area contributed by atoms with Crippen molar-refractivity contribution in [3.05, 3.63) is 62.5 Å². The maximum absolute atomic E-state index is 12.1. The van der Waals surface area contributed by atoms with E-state index in [4.69, 9.17) is 32.7 Å². The maximum atomic E-state index is 12.1. The fourth-order valence-electron chi connectivity index (χ4n) is 2.56. The molecule has 6 nitrogen and oxygen atoms in total. The first kappa shape index (κ1) is 22.2. The average molecular weight is 465 g/mol. The van der Waals surface area contributed by atoms with E-state index >= 15 is 0 Å². The number of carbonyl (C=O) groups excluding carboxylic acids is 2. The molecule has 30 heavy (non-hydrogen) atoms. The number of thioether (sulfide) groups is 1. The van der Waals surface area contributed by atoms with E-state index in [9.17, 15) is 9.59 Å². The van der Waals surface area contributed by atoms with E-state index in [-0.39, 0.29) is 17.7 Å². The minimum Gasteiger partial charge on any atom is -0.490 e. The number of ether oxygens (including phenoxy) is 2. The minimum absolute atomic E-state index is 0.249. The van der Waals surface area contributed by atoms with Crippen molar-refractivity contribution in [2.24, 2.45) is 4.99 Å². The van der Waals surface area contributed by atoms with E-state index in [1.807, 2.05) is 6.92 Å². The van der Waals surface area contributed by atoms with Crippen LogP contribution >= 0.6 is 35.0 Å². The van der Waals surface area contributed by atoms with Gasteiger partial charge in [0.25, 0.3) is 5.91 Å². The number of amides is 2. The van der Waals surface area contributed by atoms with Crippen LogP contribution in [0.5, 0.6) is 11.5 Å². The molecule has 0 saturated carbocycles. The molecule has 1 aliphatic rings. The number of nitrogens with zero attached hydrogens (tertiary/aromatic N) is 1. The van der Waals surface area contributed by atoms with E-state index in [0.29, 0.717) is 33.1 Å². The highest BCUT2D eigenvalue weighted by atomic mass is 35.5. The number of nitrogens with one attached hydrogen (secondary N) is 1. The van der Waals surface area contributed by atoms with Crippen LogP contribution < -0.4 is 14.8 Å². The predicted molar refractivity (Wildman–Crippen MR) is 120 cm³/mol. The number of halogens is 2. The van der Waals surface area contributed by atoms with Crippen molar-refractivity contribution >= 4 is 58.0 Å². The zero-order valence-corrected chi connectivity index (χ0v) is 18.5. The SMILES string of the molecule is CCOc1cc(C=C2SC(NC(C)=O)=NC2=O)ccc1OCc1ccc(Cl)cc1Cl. The van der Waals surface area contributed by atoms with Crippen molar-refractivity contribution in [2.75, 3.05) is 6.61 Å². The molecule has 0 radical (unpaired) electrons. The van der Waals surface area contributed by atoms with E-state index < -0.39 is 5.91 Å². The zero-order valence-electron chi connectivity index (χ0n) is 16.2. The van der Waals surface area contributed by atoms with Crippen LogP contribution in [0, 0.1) is 0 Å². The van der Waals surface area contributed by atoms with Gasteiger partial charge < -0.3 is 14.8 Å². The Balaban J connectivity index is 1.76. The molecule has 0 bridgehead atoms. The molecule has 0 aliphatic carbocycles. The summed E-state index contributed by atoms with van der Waals surface area (Å²) in [7, 11) is 0. The number of aliphatic imine (C=N–C) groups is 1. The third-order valence-electron chi connectivity index (χ3n) is 3.87. The monoisotopic (exact) mass is 464 g/mol. The van der Waals surface area contributed by atoms with Crippen LogP contribution in [0.15, 0.2) is 46.3 Å². The molecule has 0 unspecified atom stereocenters. The number of amidine groups is 1.